The smallest absolute Gasteiger partial charge is 0.224 e. The van der Waals surface area contributed by atoms with E-state index >= 15 is 0 Å². The summed E-state index contributed by atoms with van der Waals surface area (Å²) in [6.07, 6.45) is 1.29. The highest BCUT2D eigenvalue weighted by Gasteiger charge is 2.19. The van der Waals surface area contributed by atoms with E-state index in [2.05, 4.69) is 10.2 Å². The van der Waals surface area contributed by atoms with Gasteiger partial charge in [0, 0.05) is 31.8 Å². The Bertz CT molecular complexity index is 536. The van der Waals surface area contributed by atoms with Gasteiger partial charge in [-0.15, -0.1) is 0 Å². The van der Waals surface area contributed by atoms with E-state index in [0.717, 1.165) is 37.4 Å². The van der Waals surface area contributed by atoms with Crippen molar-refractivity contribution in [1.82, 2.24) is 0 Å². The SMILES string of the molecule is CC.Cc1cc(N2CCCOCC2)cc(F)c1NC(=O)CC(C)(C)C. The van der Waals surface area contributed by atoms with Crippen molar-refractivity contribution in [3.8, 4) is 0 Å². The minimum Gasteiger partial charge on any atom is -0.380 e. The second-order valence-electron chi connectivity index (χ2n) is 7.36. The van der Waals surface area contributed by atoms with Crippen molar-refractivity contribution in [2.75, 3.05) is 36.5 Å². The molecule has 0 aliphatic carbocycles. The van der Waals surface area contributed by atoms with E-state index in [-0.39, 0.29) is 22.8 Å². The molecule has 0 unspecified atom stereocenters. The molecule has 25 heavy (non-hydrogen) atoms. The molecular formula is C20H33FN2O2. The average Bonchev–Trinajstić information content (AvgIpc) is 2.80. The number of carbonyl (C=O) groups excluding carboxylic acids is 1. The van der Waals surface area contributed by atoms with Crippen LogP contribution >= 0.6 is 0 Å². The maximum absolute atomic E-state index is 14.5. The number of anilines is 2. The van der Waals surface area contributed by atoms with E-state index < -0.39 is 0 Å². The lowest BCUT2D eigenvalue weighted by Gasteiger charge is -2.24. The van der Waals surface area contributed by atoms with Gasteiger partial charge in [-0.25, -0.2) is 4.39 Å². The summed E-state index contributed by atoms with van der Waals surface area (Å²) >= 11 is 0. The largest absolute Gasteiger partial charge is 0.380 e. The van der Waals surface area contributed by atoms with Gasteiger partial charge in [-0.05, 0) is 36.5 Å². The zero-order valence-corrected chi connectivity index (χ0v) is 16.5. The Hall–Kier alpha value is -1.62. The lowest BCUT2D eigenvalue weighted by molar-refractivity contribution is -0.117. The van der Waals surface area contributed by atoms with Gasteiger partial charge in [-0.1, -0.05) is 34.6 Å². The molecule has 5 heteroatoms. The van der Waals surface area contributed by atoms with Crippen molar-refractivity contribution in [1.29, 1.82) is 0 Å². The fourth-order valence-corrected chi connectivity index (χ4v) is 2.74. The van der Waals surface area contributed by atoms with Crippen molar-refractivity contribution < 1.29 is 13.9 Å². The average molecular weight is 352 g/mol. The number of halogens is 1. The Morgan fingerprint density at radius 3 is 2.52 bits per heavy atom. The Balaban J connectivity index is 0.00000151. The van der Waals surface area contributed by atoms with Gasteiger partial charge in [-0.2, -0.15) is 0 Å². The lowest BCUT2D eigenvalue weighted by atomic mass is 9.92. The van der Waals surface area contributed by atoms with Crippen LogP contribution in [0.15, 0.2) is 12.1 Å². The molecule has 0 radical (unpaired) electrons. The van der Waals surface area contributed by atoms with Gasteiger partial charge in [0.2, 0.25) is 5.91 Å². The number of benzene rings is 1. The van der Waals surface area contributed by atoms with Crippen LogP contribution in [0.3, 0.4) is 0 Å². The first-order chi connectivity index (χ1) is 11.8. The zero-order valence-electron chi connectivity index (χ0n) is 16.5. The fourth-order valence-electron chi connectivity index (χ4n) is 2.74. The summed E-state index contributed by atoms with van der Waals surface area (Å²) in [5.41, 5.74) is 1.75. The molecule has 4 nitrogen and oxygen atoms in total. The summed E-state index contributed by atoms with van der Waals surface area (Å²) in [5, 5.41) is 2.72. The van der Waals surface area contributed by atoms with Gasteiger partial charge in [0.1, 0.15) is 5.82 Å². The molecule has 0 saturated carbocycles. The van der Waals surface area contributed by atoms with Crippen LogP contribution in [0.4, 0.5) is 15.8 Å². The first-order valence-electron chi connectivity index (χ1n) is 9.19. The van der Waals surface area contributed by atoms with Crippen molar-refractivity contribution in [2.24, 2.45) is 5.41 Å². The topological polar surface area (TPSA) is 41.6 Å². The highest BCUT2D eigenvalue weighted by molar-refractivity contribution is 5.92. The molecule has 1 aliphatic rings. The zero-order chi connectivity index (χ0) is 19.0. The van der Waals surface area contributed by atoms with Gasteiger partial charge < -0.3 is 15.0 Å². The Morgan fingerprint density at radius 1 is 1.24 bits per heavy atom. The molecule has 1 aromatic carbocycles. The Labute approximate surface area is 151 Å². The quantitative estimate of drug-likeness (QED) is 0.852. The van der Waals surface area contributed by atoms with E-state index in [1.807, 2.05) is 47.6 Å². The normalized spacial score (nSPS) is 15.1. The second-order valence-corrected chi connectivity index (χ2v) is 7.36. The van der Waals surface area contributed by atoms with E-state index in [1.54, 1.807) is 0 Å². The number of ether oxygens (including phenoxy) is 1. The van der Waals surface area contributed by atoms with Gasteiger partial charge in [0.15, 0.2) is 0 Å². The van der Waals surface area contributed by atoms with E-state index in [0.29, 0.717) is 13.0 Å². The molecule has 1 heterocycles. The van der Waals surface area contributed by atoms with Crippen molar-refractivity contribution in [3.05, 3.63) is 23.5 Å². The molecule has 1 N–H and O–H groups in total. The van der Waals surface area contributed by atoms with Crippen LogP contribution in [0.25, 0.3) is 0 Å². The van der Waals surface area contributed by atoms with Crippen LogP contribution in [0.1, 0.15) is 53.0 Å². The van der Waals surface area contributed by atoms with E-state index in [9.17, 15) is 9.18 Å². The summed E-state index contributed by atoms with van der Waals surface area (Å²) in [6.45, 7) is 14.8. The van der Waals surface area contributed by atoms with Crippen LogP contribution in [0.2, 0.25) is 0 Å². The van der Waals surface area contributed by atoms with Crippen LogP contribution < -0.4 is 10.2 Å². The molecule has 142 valence electrons. The minimum atomic E-state index is -0.382. The van der Waals surface area contributed by atoms with Gasteiger partial charge in [0.25, 0.3) is 0 Å². The number of rotatable bonds is 3. The predicted molar refractivity (Wildman–Crippen MR) is 103 cm³/mol. The predicted octanol–water partition coefficient (Wildman–Crippen LogP) is 4.76. The summed E-state index contributed by atoms with van der Waals surface area (Å²) in [6, 6.07) is 3.44. The Kier molecular flexibility index (Phi) is 8.36. The van der Waals surface area contributed by atoms with Crippen molar-refractivity contribution in [3.63, 3.8) is 0 Å². The lowest BCUT2D eigenvalue weighted by Crippen LogP contribution is -2.26. The molecule has 1 fully saturated rings. The van der Waals surface area contributed by atoms with E-state index in [1.165, 1.54) is 6.07 Å². The molecule has 0 bridgehead atoms. The van der Waals surface area contributed by atoms with Crippen molar-refractivity contribution >= 4 is 17.3 Å². The third kappa shape index (κ3) is 7.02. The van der Waals surface area contributed by atoms with Gasteiger partial charge in [0.05, 0.1) is 12.3 Å². The monoisotopic (exact) mass is 352 g/mol. The fraction of sp³-hybridized carbons (Fsp3) is 0.650. The maximum Gasteiger partial charge on any atom is 0.224 e. The minimum absolute atomic E-state index is 0.125. The molecule has 0 atom stereocenters. The molecule has 1 aliphatic heterocycles. The first kappa shape index (κ1) is 21.4. The second kappa shape index (κ2) is 9.76. The van der Waals surface area contributed by atoms with Gasteiger partial charge in [-0.3, -0.25) is 4.79 Å². The van der Waals surface area contributed by atoms with Gasteiger partial charge >= 0.3 is 0 Å². The Morgan fingerprint density at radius 2 is 1.92 bits per heavy atom. The van der Waals surface area contributed by atoms with Crippen LogP contribution in [-0.2, 0) is 9.53 Å². The molecule has 1 saturated heterocycles. The molecular weight excluding hydrogens is 319 g/mol. The standard InChI is InChI=1S/C18H27FN2O2.C2H6/c1-13-10-14(21-6-5-8-23-9-7-21)11-15(19)17(13)20-16(22)12-18(2,3)4;1-2/h10-11H,5-9,12H2,1-4H3,(H,20,22);1-2H3. The van der Waals surface area contributed by atoms with Crippen LogP contribution in [0.5, 0.6) is 0 Å². The molecule has 0 aromatic heterocycles. The number of hydrogen-bond acceptors (Lipinski definition) is 3. The summed E-state index contributed by atoms with van der Waals surface area (Å²) in [4.78, 5) is 14.2. The summed E-state index contributed by atoms with van der Waals surface area (Å²) < 4.78 is 19.9. The van der Waals surface area contributed by atoms with Crippen molar-refractivity contribution in [2.45, 2.75) is 54.4 Å². The van der Waals surface area contributed by atoms with E-state index in [4.69, 9.17) is 4.74 Å². The third-order valence-corrected chi connectivity index (χ3v) is 3.81. The number of hydrogen-bond donors (Lipinski definition) is 1. The molecule has 2 rings (SSSR count). The number of nitrogens with one attached hydrogen (secondary N) is 1. The number of aryl methyl sites for hydroxylation is 1. The highest BCUT2D eigenvalue weighted by Crippen LogP contribution is 2.28. The number of amides is 1. The highest BCUT2D eigenvalue weighted by atomic mass is 19.1. The van der Waals surface area contributed by atoms with Crippen LogP contribution in [-0.4, -0.2) is 32.2 Å². The van der Waals surface area contributed by atoms with Crippen LogP contribution in [0, 0.1) is 18.2 Å². The molecule has 0 spiro atoms. The summed E-state index contributed by atoms with van der Waals surface area (Å²) in [5.74, 6) is -0.539. The number of carbonyl (C=O) groups is 1. The molecule has 1 aromatic rings. The molecule has 1 amide bonds. The first-order valence-corrected chi connectivity index (χ1v) is 9.19. The summed E-state index contributed by atoms with van der Waals surface area (Å²) in [7, 11) is 0. The maximum atomic E-state index is 14.5. The number of nitrogens with zero attached hydrogens (tertiary/aromatic N) is 1. The third-order valence-electron chi connectivity index (χ3n) is 3.81.